The van der Waals surface area contributed by atoms with Gasteiger partial charge in [-0.3, -0.25) is 9.59 Å². The van der Waals surface area contributed by atoms with Gasteiger partial charge >= 0.3 is 0 Å². The van der Waals surface area contributed by atoms with Crippen LogP contribution >= 0.6 is 0 Å². The highest BCUT2D eigenvalue weighted by molar-refractivity contribution is 5.98. The Bertz CT molecular complexity index is 921. The zero-order valence-electron chi connectivity index (χ0n) is 14.5. The van der Waals surface area contributed by atoms with Crippen molar-refractivity contribution in [1.29, 1.82) is 0 Å². The minimum Gasteiger partial charge on any atom is -0.459 e. The Hall–Kier alpha value is -3.54. The maximum absolute atomic E-state index is 12.3. The zero-order chi connectivity index (χ0) is 18.6. The SMILES string of the molecule is O=C(N[C@H]1CC(=O)N(c2ccc(Oc3ccccc3)cc2)C1)c1ccco1. The van der Waals surface area contributed by atoms with Gasteiger partial charge in [-0.15, -0.1) is 0 Å². The van der Waals surface area contributed by atoms with Crippen LogP contribution < -0.4 is 15.0 Å². The second kappa shape index (κ2) is 7.37. The predicted octanol–water partition coefficient (Wildman–Crippen LogP) is 3.61. The number of carbonyl (C=O) groups is 2. The van der Waals surface area contributed by atoms with E-state index < -0.39 is 0 Å². The highest BCUT2D eigenvalue weighted by atomic mass is 16.5. The highest BCUT2D eigenvalue weighted by Crippen LogP contribution is 2.27. The second-order valence-corrected chi connectivity index (χ2v) is 6.27. The summed E-state index contributed by atoms with van der Waals surface area (Å²) in [7, 11) is 0. The Kier molecular flexibility index (Phi) is 4.61. The van der Waals surface area contributed by atoms with Crippen LogP contribution in [0.5, 0.6) is 11.5 Å². The lowest BCUT2D eigenvalue weighted by atomic mass is 10.2. The second-order valence-electron chi connectivity index (χ2n) is 6.27. The van der Waals surface area contributed by atoms with Crippen molar-refractivity contribution in [2.75, 3.05) is 11.4 Å². The first-order chi connectivity index (χ1) is 13.2. The van der Waals surface area contributed by atoms with Gasteiger partial charge in [-0.25, -0.2) is 0 Å². The van der Waals surface area contributed by atoms with Gasteiger partial charge < -0.3 is 19.4 Å². The van der Waals surface area contributed by atoms with Crippen LogP contribution in [0.1, 0.15) is 17.0 Å². The molecule has 0 bridgehead atoms. The molecule has 0 radical (unpaired) electrons. The summed E-state index contributed by atoms with van der Waals surface area (Å²) in [5, 5.41) is 2.84. The maximum Gasteiger partial charge on any atom is 0.287 e. The molecule has 0 spiro atoms. The van der Waals surface area contributed by atoms with Gasteiger partial charge in [0.25, 0.3) is 5.91 Å². The zero-order valence-corrected chi connectivity index (χ0v) is 14.5. The largest absolute Gasteiger partial charge is 0.459 e. The van der Waals surface area contributed by atoms with Gasteiger partial charge in [0.2, 0.25) is 5.91 Å². The summed E-state index contributed by atoms with van der Waals surface area (Å²) >= 11 is 0. The molecule has 1 aliphatic rings. The first-order valence-electron chi connectivity index (χ1n) is 8.67. The third kappa shape index (κ3) is 3.84. The normalized spacial score (nSPS) is 16.4. The standard InChI is InChI=1S/C21H18N2O4/c24-20-13-15(22-21(25)19-7-4-12-26-19)14-23(20)16-8-10-18(11-9-16)27-17-5-2-1-3-6-17/h1-12,15H,13-14H2,(H,22,25)/t15-/m0/s1. The summed E-state index contributed by atoms with van der Waals surface area (Å²) in [5.74, 6) is 1.34. The van der Waals surface area contributed by atoms with Gasteiger partial charge in [-0.1, -0.05) is 18.2 Å². The molecule has 6 heteroatoms. The number of amides is 2. The first-order valence-corrected chi connectivity index (χ1v) is 8.67. The summed E-state index contributed by atoms with van der Waals surface area (Å²) in [5.41, 5.74) is 0.773. The van der Waals surface area contributed by atoms with Crippen LogP contribution in [0.15, 0.2) is 77.4 Å². The number of hydrogen-bond donors (Lipinski definition) is 1. The fraction of sp³-hybridized carbons (Fsp3) is 0.143. The van der Waals surface area contributed by atoms with Gasteiger partial charge in [0.1, 0.15) is 11.5 Å². The van der Waals surface area contributed by atoms with Gasteiger partial charge in [0.15, 0.2) is 5.76 Å². The van der Waals surface area contributed by atoms with Crippen LogP contribution in [-0.2, 0) is 4.79 Å². The molecule has 2 amide bonds. The van der Waals surface area contributed by atoms with Crippen molar-refractivity contribution in [3.63, 3.8) is 0 Å². The van der Waals surface area contributed by atoms with E-state index >= 15 is 0 Å². The lowest BCUT2D eigenvalue weighted by Crippen LogP contribution is -2.37. The van der Waals surface area contributed by atoms with Crippen LogP contribution in [0.25, 0.3) is 0 Å². The predicted molar refractivity (Wildman–Crippen MR) is 99.9 cm³/mol. The number of nitrogens with zero attached hydrogens (tertiary/aromatic N) is 1. The van der Waals surface area contributed by atoms with Crippen LogP contribution in [0.2, 0.25) is 0 Å². The van der Waals surface area contributed by atoms with Crippen molar-refractivity contribution in [3.05, 3.63) is 78.8 Å². The van der Waals surface area contributed by atoms with E-state index in [2.05, 4.69) is 5.32 Å². The first kappa shape index (κ1) is 16.9. The molecule has 136 valence electrons. The molecule has 2 heterocycles. The van der Waals surface area contributed by atoms with Crippen molar-refractivity contribution >= 4 is 17.5 Å². The fourth-order valence-corrected chi connectivity index (χ4v) is 3.04. The molecule has 1 aromatic heterocycles. The molecule has 1 N–H and O–H groups in total. The number of furan rings is 1. The number of para-hydroxylation sites is 1. The number of nitrogens with one attached hydrogen (secondary N) is 1. The lowest BCUT2D eigenvalue weighted by Gasteiger charge is -2.17. The molecular weight excluding hydrogens is 344 g/mol. The van der Waals surface area contributed by atoms with Gasteiger partial charge in [0, 0.05) is 18.7 Å². The molecule has 1 fully saturated rings. The minimum absolute atomic E-state index is 0.0310. The Morgan fingerprint density at radius 2 is 1.74 bits per heavy atom. The number of hydrogen-bond acceptors (Lipinski definition) is 4. The molecule has 2 aromatic carbocycles. The van der Waals surface area contributed by atoms with E-state index in [4.69, 9.17) is 9.15 Å². The molecule has 3 aromatic rings. The Balaban J connectivity index is 1.39. The molecule has 1 aliphatic heterocycles. The number of anilines is 1. The Morgan fingerprint density at radius 1 is 1.00 bits per heavy atom. The molecule has 4 rings (SSSR count). The summed E-state index contributed by atoms with van der Waals surface area (Å²) in [6.07, 6.45) is 1.70. The number of ether oxygens (including phenoxy) is 1. The quantitative estimate of drug-likeness (QED) is 0.753. The van der Waals surface area contributed by atoms with Gasteiger partial charge in [-0.2, -0.15) is 0 Å². The number of carbonyl (C=O) groups excluding carboxylic acids is 2. The lowest BCUT2D eigenvalue weighted by molar-refractivity contribution is -0.117. The van der Waals surface area contributed by atoms with Crippen molar-refractivity contribution in [2.45, 2.75) is 12.5 Å². The van der Waals surface area contributed by atoms with Crippen molar-refractivity contribution in [1.82, 2.24) is 5.32 Å². The smallest absolute Gasteiger partial charge is 0.287 e. The van der Waals surface area contributed by atoms with Crippen molar-refractivity contribution in [2.24, 2.45) is 0 Å². The monoisotopic (exact) mass is 362 g/mol. The van der Waals surface area contributed by atoms with E-state index in [1.807, 2.05) is 54.6 Å². The molecule has 0 aliphatic carbocycles. The fourth-order valence-electron chi connectivity index (χ4n) is 3.04. The summed E-state index contributed by atoms with van der Waals surface area (Å²) in [4.78, 5) is 26.1. The molecule has 1 atom stereocenters. The number of rotatable bonds is 5. The maximum atomic E-state index is 12.3. The molecule has 1 saturated heterocycles. The van der Waals surface area contributed by atoms with E-state index in [0.717, 1.165) is 11.4 Å². The molecule has 0 unspecified atom stereocenters. The number of benzene rings is 2. The highest BCUT2D eigenvalue weighted by Gasteiger charge is 2.32. The summed E-state index contributed by atoms with van der Waals surface area (Å²) in [6, 6.07) is 19.8. The van der Waals surface area contributed by atoms with E-state index in [-0.39, 0.29) is 30.0 Å². The minimum atomic E-state index is -0.314. The van der Waals surface area contributed by atoms with Crippen LogP contribution in [0, 0.1) is 0 Å². The third-order valence-electron chi connectivity index (χ3n) is 4.33. The average Bonchev–Trinajstić information content (AvgIpc) is 3.33. The summed E-state index contributed by atoms with van der Waals surface area (Å²) < 4.78 is 10.8. The van der Waals surface area contributed by atoms with E-state index in [9.17, 15) is 9.59 Å². The molecule has 6 nitrogen and oxygen atoms in total. The van der Waals surface area contributed by atoms with E-state index in [0.29, 0.717) is 12.3 Å². The molecule has 0 saturated carbocycles. The van der Waals surface area contributed by atoms with E-state index in [1.165, 1.54) is 6.26 Å². The van der Waals surface area contributed by atoms with Crippen molar-refractivity contribution in [3.8, 4) is 11.5 Å². The Morgan fingerprint density at radius 3 is 2.44 bits per heavy atom. The van der Waals surface area contributed by atoms with Crippen LogP contribution in [-0.4, -0.2) is 24.4 Å². The Labute approximate surface area is 156 Å². The summed E-state index contributed by atoms with van der Waals surface area (Å²) in [6.45, 7) is 0.421. The van der Waals surface area contributed by atoms with Crippen LogP contribution in [0.3, 0.4) is 0 Å². The van der Waals surface area contributed by atoms with Gasteiger partial charge in [-0.05, 0) is 48.5 Å². The van der Waals surface area contributed by atoms with E-state index in [1.54, 1.807) is 17.0 Å². The molecule has 27 heavy (non-hydrogen) atoms. The van der Waals surface area contributed by atoms with Gasteiger partial charge in [0.05, 0.1) is 12.3 Å². The van der Waals surface area contributed by atoms with Crippen molar-refractivity contribution < 1.29 is 18.7 Å². The average molecular weight is 362 g/mol. The topological polar surface area (TPSA) is 71.8 Å². The molecular formula is C21H18N2O4. The third-order valence-corrected chi connectivity index (χ3v) is 4.33. The van der Waals surface area contributed by atoms with Crippen LogP contribution in [0.4, 0.5) is 5.69 Å².